The highest BCUT2D eigenvalue weighted by Crippen LogP contribution is 2.38. The standard InChI is InChI=1S/C18H17N5O3/c24-16-7-4-8-20-23(16)11-17(25)22-9-14(13-5-2-1-3-6-13)15(10-22)18-19-12-26-21-18/h1-8,12,14-15H,9-11H2/t14-,15-/m1/s1. The molecule has 0 radical (unpaired) electrons. The van der Waals surface area contributed by atoms with Crippen LogP contribution in [-0.2, 0) is 11.3 Å². The van der Waals surface area contributed by atoms with Crippen molar-refractivity contribution in [3.63, 3.8) is 0 Å². The molecular formula is C18H17N5O3. The van der Waals surface area contributed by atoms with Crippen LogP contribution in [0.25, 0.3) is 0 Å². The van der Waals surface area contributed by atoms with Gasteiger partial charge in [0.1, 0.15) is 6.54 Å². The quantitative estimate of drug-likeness (QED) is 0.697. The Hall–Kier alpha value is -3.29. The van der Waals surface area contributed by atoms with E-state index in [9.17, 15) is 9.59 Å². The second-order valence-electron chi connectivity index (χ2n) is 6.23. The number of likely N-dealkylation sites (tertiary alicyclic amines) is 1. The van der Waals surface area contributed by atoms with Gasteiger partial charge in [-0.25, -0.2) is 4.68 Å². The van der Waals surface area contributed by atoms with Gasteiger partial charge in [0.2, 0.25) is 12.3 Å². The lowest BCUT2D eigenvalue weighted by molar-refractivity contribution is -0.131. The number of benzene rings is 1. The summed E-state index contributed by atoms with van der Waals surface area (Å²) in [4.78, 5) is 30.4. The van der Waals surface area contributed by atoms with Gasteiger partial charge < -0.3 is 9.42 Å². The Labute approximate surface area is 149 Å². The summed E-state index contributed by atoms with van der Waals surface area (Å²) in [7, 11) is 0. The van der Waals surface area contributed by atoms with Crippen molar-refractivity contribution < 1.29 is 9.32 Å². The maximum absolute atomic E-state index is 12.7. The fraction of sp³-hybridized carbons (Fsp3) is 0.278. The maximum atomic E-state index is 12.7. The first kappa shape index (κ1) is 16.2. The van der Waals surface area contributed by atoms with E-state index < -0.39 is 0 Å². The molecule has 1 aliphatic heterocycles. The predicted octanol–water partition coefficient (Wildman–Crippen LogP) is 1.04. The van der Waals surface area contributed by atoms with E-state index in [1.807, 2.05) is 30.3 Å². The van der Waals surface area contributed by atoms with Crippen LogP contribution in [0.3, 0.4) is 0 Å². The molecule has 1 aromatic carbocycles. The fourth-order valence-electron chi connectivity index (χ4n) is 3.38. The van der Waals surface area contributed by atoms with Crippen LogP contribution in [0.15, 0.2) is 64.4 Å². The van der Waals surface area contributed by atoms with E-state index in [2.05, 4.69) is 15.2 Å². The summed E-state index contributed by atoms with van der Waals surface area (Å²) in [6.07, 6.45) is 2.79. The van der Waals surface area contributed by atoms with Crippen molar-refractivity contribution >= 4 is 5.91 Å². The zero-order valence-corrected chi connectivity index (χ0v) is 13.9. The molecule has 0 spiro atoms. The number of carbonyl (C=O) groups is 1. The Morgan fingerprint density at radius 2 is 1.92 bits per heavy atom. The third-order valence-corrected chi connectivity index (χ3v) is 4.68. The van der Waals surface area contributed by atoms with Gasteiger partial charge in [0.05, 0.1) is 0 Å². The van der Waals surface area contributed by atoms with Gasteiger partial charge in [0.25, 0.3) is 5.56 Å². The molecule has 0 bridgehead atoms. The Bertz CT molecular complexity index is 939. The van der Waals surface area contributed by atoms with Crippen molar-refractivity contribution in [1.29, 1.82) is 0 Å². The summed E-state index contributed by atoms with van der Waals surface area (Å²) in [6, 6.07) is 12.9. The zero-order chi connectivity index (χ0) is 17.9. The van der Waals surface area contributed by atoms with E-state index >= 15 is 0 Å². The molecule has 3 heterocycles. The number of hydrogen-bond acceptors (Lipinski definition) is 6. The Balaban J connectivity index is 1.58. The lowest BCUT2D eigenvalue weighted by Crippen LogP contribution is -2.35. The van der Waals surface area contributed by atoms with E-state index in [1.165, 1.54) is 23.3 Å². The van der Waals surface area contributed by atoms with Crippen LogP contribution < -0.4 is 5.56 Å². The van der Waals surface area contributed by atoms with E-state index in [0.29, 0.717) is 18.9 Å². The molecule has 8 nitrogen and oxygen atoms in total. The van der Waals surface area contributed by atoms with Crippen LogP contribution in [0.1, 0.15) is 23.2 Å². The van der Waals surface area contributed by atoms with E-state index in [-0.39, 0.29) is 29.8 Å². The minimum atomic E-state index is -0.297. The molecule has 1 aliphatic rings. The van der Waals surface area contributed by atoms with Crippen molar-refractivity contribution in [1.82, 2.24) is 24.8 Å². The van der Waals surface area contributed by atoms with Crippen LogP contribution in [0, 0.1) is 0 Å². The first-order valence-corrected chi connectivity index (χ1v) is 8.33. The number of amides is 1. The third kappa shape index (κ3) is 3.13. The largest absolute Gasteiger partial charge is 0.343 e. The van der Waals surface area contributed by atoms with Gasteiger partial charge in [0.15, 0.2) is 5.82 Å². The van der Waals surface area contributed by atoms with Gasteiger partial charge in [-0.05, 0) is 11.6 Å². The third-order valence-electron chi connectivity index (χ3n) is 4.68. The molecule has 0 saturated carbocycles. The highest BCUT2D eigenvalue weighted by Gasteiger charge is 2.39. The second-order valence-corrected chi connectivity index (χ2v) is 6.23. The SMILES string of the molecule is O=C(Cn1ncccc1=O)N1C[C@H](c2ccccc2)[C@H](c2ncon2)C1. The normalized spacial score (nSPS) is 19.6. The van der Waals surface area contributed by atoms with Gasteiger partial charge in [0, 0.05) is 37.2 Å². The minimum absolute atomic E-state index is 0.0550. The van der Waals surface area contributed by atoms with Crippen molar-refractivity contribution in [2.75, 3.05) is 13.1 Å². The van der Waals surface area contributed by atoms with Crippen molar-refractivity contribution in [3.8, 4) is 0 Å². The number of nitrogens with zero attached hydrogens (tertiary/aromatic N) is 5. The second kappa shape index (κ2) is 6.91. The summed E-state index contributed by atoms with van der Waals surface area (Å²) in [5.41, 5.74) is 0.821. The van der Waals surface area contributed by atoms with Crippen LogP contribution in [0.5, 0.6) is 0 Å². The van der Waals surface area contributed by atoms with E-state index in [0.717, 1.165) is 5.56 Å². The molecule has 4 rings (SSSR count). The highest BCUT2D eigenvalue weighted by atomic mass is 16.5. The van der Waals surface area contributed by atoms with Gasteiger partial charge in [-0.1, -0.05) is 35.5 Å². The number of hydrogen-bond donors (Lipinski definition) is 0. The Kier molecular flexibility index (Phi) is 4.30. The number of rotatable bonds is 4. The van der Waals surface area contributed by atoms with Crippen LogP contribution in [-0.4, -0.2) is 43.8 Å². The fourth-order valence-corrected chi connectivity index (χ4v) is 3.38. The molecule has 0 N–H and O–H groups in total. The van der Waals surface area contributed by atoms with Gasteiger partial charge in [-0.3, -0.25) is 9.59 Å². The Morgan fingerprint density at radius 3 is 2.65 bits per heavy atom. The van der Waals surface area contributed by atoms with Crippen molar-refractivity contribution in [2.45, 2.75) is 18.4 Å². The number of carbonyl (C=O) groups excluding carboxylic acids is 1. The van der Waals surface area contributed by atoms with Gasteiger partial charge in [-0.15, -0.1) is 0 Å². The molecule has 0 aliphatic carbocycles. The van der Waals surface area contributed by atoms with Crippen LogP contribution in [0.4, 0.5) is 0 Å². The molecule has 132 valence electrons. The van der Waals surface area contributed by atoms with E-state index in [1.54, 1.807) is 11.0 Å². The van der Waals surface area contributed by atoms with Gasteiger partial charge in [-0.2, -0.15) is 10.1 Å². The molecule has 26 heavy (non-hydrogen) atoms. The molecule has 1 saturated heterocycles. The summed E-state index contributed by atoms with van der Waals surface area (Å²) in [6.45, 7) is 0.920. The van der Waals surface area contributed by atoms with Crippen molar-refractivity contribution in [2.24, 2.45) is 0 Å². The lowest BCUT2D eigenvalue weighted by atomic mass is 9.88. The van der Waals surface area contributed by atoms with Crippen LogP contribution >= 0.6 is 0 Å². The first-order chi connectivity index (χ1) is 12.7. The zero-order valence-electron chi connectivity index (χ0n) is 13.9. The monoisotopic (exact) mass is 351 g/mol. The smallest absolute Gasteiger partial charge is 0.267 e. The molecular weight excluding hydrogens is 334 g/mol. The first-order valence-electron chi connectivity index (χ1n) is 8.33. The summed E-state index contributed by atoms with van der Waals surface area (Å²) in [5, 5.41) is 7.93. The number of aromatic nitrogens is 4. The summed E-state index contributed by atoms with van der Waals surface area (Å²) in [5.74, 6) is 0.445. The molecule has 2 atom stereocenters. The summed E-state index contributed by atoms with van der Waals surface area (Å²) < 4.78 is 6.07. The molecule has 0 unspecified atom stereocenters. The molecule has 1 amide bonds. The average Bonchev–Trinajstić information content (AvgIpc) is 3.34. The topological polar surface area (TPSA) is 94.1 Å². The van der Waals surface area contributed by atoms with E-state index in [4.69, 9.17) is 4.52 Å². The lowest BCUT2D eigenvalue weighted by Gasteiger charge is -2.16. The minimum Gasteiger partial charge on any atom is -0.343 e. The molecule has 8 heteroatoms. The average molecular weight is 351 g/mol. The van der Waals surface area contributed by atoms with Gasteiger partial charge >= 0.3 is 0 Å². The molecule has 2 aromatic heterocycles. The van der Waals surface area contributed by atoms with Crippen LogP contribution in [0.2, 0.25) is 0 Å². The van der Waals surface area contributed by atoms with Crippen molar-refractivity contribution in [3.05, 3.63) is 76.8 Å². The maximum Gasteiger partial charge on any atom is 0.267 e. The summed E-state index contributed by atoms with van der Waals surface area (Å²) >= 11 is 0. The Morgan fingerprint density at radius 1 is 1.12 bits per heavy atom. The highest BCUT2D eigenvalue weighted by molar-refractivity contribution is 5.76. The molecule has 3 aromatic rings. The predicted molar refractivity (Wildman–Crippen MR) is 91.3 cm³/mol. The molecule has 1 fully saturated rings.